The minimum absolute atomic E-state index is 0.175. The highest BCUT2D eigenvalue weighted by Crippen LogP contribution is 2.15. The molecule has 0 atom stereocenters. The van der Waals surface area contributed by atoms with Crippen LogP contribution in [-0.2, 0) is 20.8 Å². The van der Waals surface area contributed by atoms with Crippen LogP contribution in [0.5, 0.6) is 5.88 Å². The van der Waals surface area contributed by atoms with Gasteiger partial charge in [-0.1, -0.05) is 0 Å². The van der Waals surface area contributed by atoms with Crippen LogP contribution in [0.1, 0.15) is 5.56 Å². The van der Waals surface area contributed by atoms with Crippen LogP contribution in [-0.4, -0.2) is 51.7 Å². The number of halogens is 1. The summed E-state index contributed by atoms with van der Waals surface area (Å²) < 4.78 is 33.7. The number of nitrogens with zero attached hydrogens (tertiary/aromatic N) is 1. The number of hydrogen-bond acceptors (Lipinski definition) is 6. The van der Waals surface area contributed by atoms with E-state index < -0.39 is 5.82 Å². The molecule has 2 N–H and O–H groups in total. The van der Waals surface area contributed by atoms with Gasteiger partial charge in [-0.05, 0) is 6.07 Å². The maximum Gasteiger partial charge on any atom is 0.218 e. The number of ether oxygens (including phenoxy) is 4. The van der Waals surface area contributed by atoms with Gasteiger partial charge in [0.1, 0.15) is 12.4 Å². The van der Waals surface area contributed by atoms with Crippen molar-refractivity contribution >= 4 is 0 Å². The van der Waals surface area contributed by atoms with Gasteiger partial charge in [0.15, 0.2) is 0 Å². The van der Waals surface area contributed by atoms with Crippen LogP contribution in [0.25, 0.3) is 0 Å². The highest BCUT2D eigenvalue weighted by atomic mass is 19.1. The molecule has 0 amide bonds. The molecule has 114 valence electrons. The number of nitrogens with two attached hydrogens (primary N) is 1. The first-order valence-electron chi connectivity index (χ1n) is 6.39. The Hall–Kier alpha value is -1.28. The van der Waals surface area contributed by atoms with Gasteiger partial charge in [0.05, 0.1) is 39.2 Å². The lowest BCUT2D eigenvalue weighted by atomic mass is 10.3. The molecular weight excluding hydrogens is 267 g/mol. The molecule has 20 heavy (non-hydrogen) atoms. The first-order chi connectivity index (χ1) is 9.77. The Bertz CT molecular complexity index is 379. The predicted molar refractivity (Wildman–Crippen MR) is 71.1 cm³/mol. The zero-order valence-corrected chi connectivity index (χ0v) is 11.6. The Morgan fingerprint density at radius 2 is 1.75 bits per heavy atom. The molecule has 0 radical (unpaired) electrons. The third-order valence-electron chi connectivity index (χ3n) is 2.38. The number of pyridine rings is 1. The van der Waals surface area contributed by atoms with E-state index in [4.69, 9.17) is 24.7 Å². The third-order valence-corrected chi connectivity index (χ3v) is 2.38. The van der Waals surface area contributed by atoms with Gasteiger partial charge in [0.2, 0.25) is 5.88 Å². The smallest absolute Gasteiger partial charge is 0.218 e. The molecule has 1 heterocycles. The van der Waals surface area contributed by atoms with Gasteiger partial charge >= 0.3 is 0 Å². The molecule has 0 spiro atoms. The SMILES string of the molecule is COCCOCCOCCOc1ncc(F)cc1CN. The lowest BCUT2D eigenvalue weighted by Gasteiger charge is -2.09. The fourth-order valence-corrected chi connectivity index (χ4v) is 1.41. The summed E-state index contributed by atoms with van der Waals surface area (Å²) >= 11 is 0. The van der Waals surface area contributed by atoms with Gasteiger partial charge in [-0.25, -0.2) is 9.37 Å². The summed E-state index contributed by atoms with van der Waals surface area (Å²) in [7, 11) is 1.62. The van der Waals surface area contributed by atoms with Gasteiger partial charge in [0.25, 0.3) is 0 Å². The van der Waals surface area contributed by atoms with E-state index in [1.54, 1.807) is 7.11 Å². The summed E-state index contributed by atoms with van der Waals surface area (Å²) in [5, 5.41) is 0. The molecule has 0 saturated heterocycles. The molecule has 7 heteroatoms. The summed E-state index contributed by atoms with van der Waals surface area (Å²) in [4.78, 5) is 3.85. The molecule has 0 aromatic carbocycles. The Morgan fingerprint density at radius 1 is 1.10 bits per heavy atom. The zero-order valence-electron chi connectivity index (χ0n) is 11.6. The lowest BCUT2D eigenvalue weighted by Crippen LogP contribution is -2.13. The van der Waals surface area contributed by atoms with E-state index in [9.17, 15) is 4.39 Å². The molecule has 0 aliphatic rings. The molecule has 0 unspecified atom stereocenters. The van der Waals surface area contributed by atoms with Crippen LogP contribution < -0.4 is 10.5 Å². The Labute approximate surface area is 118 Å². The Kier molecular flexibility index (Phi) is 8.81. The van der Waals surface area contributed by atoms with E-state index in [2.05, 4.69) is 4.98 Å². The van der Waals surface area contributed by atoms with E-state index in [0.29, 0.717) is 51.1 Å². The van der Waals surface area contributed by atoms with Crippen molar-refractivity contribution in [2.75, 3.05) is 46.8 Å². The van der Waals surface area contributed by atoms with Crippen LogP contribution in [0, 0.1) is 5.82 Å². The van der Waals surface area contributed by atoms with Gasteiger partial charge in [-0.15, -0.1) is 0 Å². The zero-order chi connectivity index (χ0) is 14.6. The molecule has 0 saturated carbocycles. The molecule has 0 bridgehead atoms. The van der Waals surface area contributed by atoms with Crippen LogP contribution in [0.2, 0.25) is 0 Å². The first-order valence-corrected chi connectivity index (χ1v) is 6.39. The van der Waals surface area contributed by atoms with Crippen molar-refractivity contribution in [2.24, 2.45) is 5.73 Å². The highest BCUT2D eigenvalue weighted by Gasteiger charge is 2.05. The fraction of sp³-hybridized carbons (Fsp3) is 0.615. The third kappa shape index (κ3) is 6.76. The largest absolute Gasteiger partial charge is 0.475 e. The summed E-state index contributed by atoms with van der Waals surface area (Å²) in [6.45, 7) is 3.01. The summed E-state index contributed by atoms with van der Waals surface area (Å²) in [5.74, 6) is -0.0869. The van der Waals surface area contributed by atoms with Gasteiger partial charge in [-0.2, -0.15) is 0 Å². The average Bonchev–Trinajstić information content (AvgIpc) is 2.46. The molecule has 1 rings (SSSR count). The van der Waals surface area contributed by atoms with Gasteiger partial charge in [0, 0.05) is 19.2 Å². The monoisotopic (exact) mass is 288 g/mol. The van der Waals surface area contributed by atoms with Crippen molar-refractivity contribution in [2.45, 2.75) is 6.54 Å². The molecule has 0 fully saturated rings. The minimum atomic E-state index is -0.428. The summed E-state index contributed by atoms with van der Waals surface area (Å²) in [6.07, 6.45) is 1.10. The van der Waals surface area contributed by atoms with Crippen molar-refractivity contribution in [1.82, 2.24) is 4.98 Å². The fourth-order valence-electron chi connectivity index (χ4n) is 1.41. The van der Waals surface area contributed by atoms with Crippen LogP contribution in [0.4, 0.5) is 4.39 Å². The molecule has 1 aromatic rings. The molecule has 6 nitrogen and oxygen atoms in total. The van der Waals surface area contributed by atoms with Crippen molar-refractivity contribution < 1.29 is 23.3 Å². The van der Waals surface area contributed by atoms with Crippen LogP contribution >= 0.6 is 0 Å². The second kappa shape index (κ2) is 10.5. The Balaban J connectivity index is 2.09. The van der Waals surface area contributed by atoms with E-state index >= 15 is 0 Å². The normalized spacial score (nSPS) is 10.8. The summed E-state index contributed by atoms with van der Waals surface area (Å²) in [6, 6.07) is 1.31. The average molecular weight is 288 g/mol. The van der Waals surface area contributed by atoms with E-state index in [1.165, 1.54) is 6.07 Å². The lowest BCUT2D eigenvalue weighted by molar-refractivity contribution is 0.0176. The maximum absolute atomic E-state index is 12.9. The Morgan fingerprint density at radius 3 is 2.40 bits per heavy atom. The van der Waals surface area contributed by atoms with Crippen molar-refractivity contribution in [1.29, 1.82) is 0 Å². The van der Waals surface area contributed by atoms with Gasteiger partial charge < -0.3 is 24.7 Å². The van der Waals surface area contributed by atoms with Crippen LogP contribution in [0.15, 0.2) is 12.3 Å². The van der Waals surface area contributed by atoms with E-state index in [1.807, 2.05) is 0 Å². The number of aromatic nitrogens is 1. The number of hydrogen-bond donors (Lipinski definition) is 1. The standard InChI is InChI=1S/C13H21FN2O4/c1-17-2-3-18-4-5-19-6-7-20-13-11(9-15)8-12(14)10-16-13/h8,10H,2-7,9,15H2,1H3. The number of rotatable bonds is 11. The van der Waals surface area contributed by atoms with Crippen molar-refractivity contribution in [3.8, 4) is 5.88 Å². The number of methoxy groups -OCH3 is 1. The van der Waals surface area contributed by atoms with E-state index in [0.717, 1.165) is 6.20 Å². The second-order valence-corrected chi connectivity index (χ2v) is 3.89. The molecule has 0 aliphatic heterocycles. The molecular formula is C13H21FN2O4. The predicted octanol–water partition coefficient (Wildman–Crippen LogP) is 0.738. The highest BCUT2D eigenvalue weighted by molar-refractivity contribution is 5.25. The topological polar surface area (TPSA) is 75.8 Å². The minimum Gasteiger partial charge on any atom is -0.475 e. The molecule has 1 aromatic heterocycles. The maximum atomic E-state index is 12.9. The van der Waals surface area contributed by atoms with E-state index in [-0.39, 0.29) is 6.54 Å². The summed E-state index contributed by atoms with van der Waals surface area (Å²) in [5.41, 5.74) is 6.02. The van der Waals surface area contributed by atoms with Crippen molar-refractivity contribution in [3.63, 3.8) is 0 Å². The first kappa shape index (κ1) is 16.8. The van der Waals surface area contributed by atoms with Crippen LogP contribution in [0.3, 0.4) is 0 Å². The quantitative estimate of drug-likeness (QED) is 0.605. The second-order valence-electron chi connectivity index (χ2n) is 3.89. The van der Waals surface area contributed by atoms with Gasteiger partial charge in [-0.3, -0.25) is 0 Å². The molecule has 0 aliphatic carbocycles. The van der Waals surface area contributed by atoms with Crippen molar-refractivity contribution in [3.05, 3.63) is 23.6 Å².